The molecule has 0 aliphatic carbocycles. The van der Waals surface area contributed by atoms with Gasteiger partial charge < -0.3 is 14.4 Å². The standard InChI is InChI=1S/C18H27NO3/c1-2-21-18(20)16-9-8-13-19(15-16)12-6-7-14-22-17-10-4-3-5-11-17/h3-5,10-11,16H,2,6-9,12-15H2,1H3/t16-/m0/s1. The minimum Gasteiger partial charge on any atom is -0.494 e. The Morgan fingerprint density at radius 2 is 2.09 bits per heavy atom. The molecule has 1 atom stereocenters. The predicted octanol–water partition coefficient (Wildman–Crippen LogP) is 3.12. The molecule has 1 aliphatic rings. The lowest BCUT2D eigenvalue weighted by Crippen LogP contribution is -2.39. The van der Waals surface area contributed by atoms with Crippen molar-refractivity contribution in [1.29, 1.82) is 0 Å². The molecule has 22 heavy (non-hydrogen) atoms. The van der Waals surface area contributed by atoms with Crippen molar-refractivity contribution < 1.29 is 14.3 Å². The Morgan fingerprint density at radius 3 is 2.86 bits per heavy atom. The highest BCUT2D eigenvalue weighted by Gasteiger charge is 2.26. The number of benzene rings is 1. The Labute approximate surface area is 133 Å². The lowest BCUT2D eigenvalue weighted by Gasteiger charge is -2.31. The van der Waals surface area contributed by atoms with Gasteiger partial charge >= 0.3 is 5.97 Å². The summed E-state index contributed by atoms with van der Waals surface area (Å²) in [5.74, 6) is 0.969. The van der Waals surface area contributed by atoms with Crippen molar-refractivity contribution >= 4 is 5.97 Å². The summed E-state index contributed by atoms with van der Waals surface area (Å²) in [6.45, 7) is 6.07. The number of rotatable bonds is 8. The monoisotopic (exact) mass is 305 g/mol. The third kappa shape index (κ3) is 5.68. The number of likely N-dealkylation sites (tertiary alicyclic amines) is 1. The van der Waals surface area contributed by atoms with E-state index >= 15 is 0 Å². The maximum atomic E-state index is 11.8. The normalized spacial score (nSPS) is 18.9. The maximum absolute atomic E-state index is 11.8. The minimum absolute atomic E-state index is 0.0281. The summed E-state index contributed by atoms with van der Waals surface area (Å²) >= 11 is 0. The molecule has 1 heterocycles. The fraction of sp³-hybridized carbons (Fsp3) is 0.611. The van der Waals surface area contributed by atoms with Crippen LogP contribution >= 0.6 is 0 Å². The average Bonchev–Trinajstić information content (AvgIpc) is 2.56. The molecule has 4 nitrogen and oxygen atoms in total. The van der Waals surface area contributed by atoms with Crippen molar-refractivity contribution in [3.63, 3.8) is 0 Å². The van der Waals surface area contributed by atoms with E-state index in [9.17, 15) is 4.79 Å². The molecular formula is C18H27NO3. The topological polar surface area (TPSA) is 38.8 Å². The van der Waals surface area contributed by atoms with E-state index < -0.39 is 0 Å². The highest BCUT2D eigenvalue weighted by Crippen LogP contribution is 2.18. The number of piperidine rings is 1. The van der Waals surface area contributed by atoms with Gasteiger partial charge in [0, 0.05) is 6.54 Å². The van der Waals surface area contributed by atoms with Crippen LogP contribution < -0.4 is 4.74 Å². The molecule has 0 unspecified atom stereocenters. The highest BCUT2D eigenvalue weighted by atomic mass is 16.5. The van der Waals surface area contributed by atoms with Crippen LogP contribution in [0.3, 0.4) is 0 Å². The molecule has 0 bridgehead atoms. The number of ether oxygens (including phenoxy) is 2. The van der Waals surface area contributed by atoms with E-state index in [0.29, 0.717) is 6.61 Å². The smallest absolute Gasteiger partial charge is 0.310 e. The molecule has 4 heteroatoms. The quantitative estimate of drug-likeness (QED) is 0.546. The largest absolute Gasteiger partial charge is 0.494 e. The Balaban J connectivity index is 1.59. The van der Waals surface area contributed by atoms with Crippen molar-refractivity contribution in [3.05, 3.63) is 30.3 Å². The van der Waals surface area contributed by atoms with Gasteiger partial charge in [-0.25, -0.2) is 0 Å². The Hall–Kier alpha value is -1.55. The lowest BCUT2D eigenvalue weighted by molar-refractivity contribution is -0.149. The first-order chi connectivity index (χ1) is 10.8. The van der Waals surface area contributed by atoms with Gasteiger partial charge in [0.15, 0.2) is 0 Å². The zero-order valence-electron chi connectivity index (χ0n) is 13.5. The van der Waals surface area contributed by atoms with Crippen molar-refractivity contribution in [2.24, 2.45) is 5.92 Å². The molecule has 122 valence electrons. The second-order valence-electron chi connectivity index (χ2n) is 5.76. The summed E-state index contributed by atoms with van der Waals surface area (Å²) in [6, 6.07) is 9.92. The SMILES string of the molecule is CCOC(=O)[C@H]1CCCN(CCCCOc2ccccc2)C1. The fourth-order valence-electron chi connectivity index (χ4n) is 2.86. The van der Waals surface area contributed by atoms with Gasteiger partial charge in [0.05, 0.1) is 19.1 Å². The molecule has 1 saturated heterocycles. The summed E-state index contributed by atoms with van der Waals surface area (Å²) in [5, 5.41) is 0. The van der Waals surface area contributed by atoms with Crippen LogP contribution in [0.4, 0.5) is 0 Å². The third-order valence-corrected chi connectivity index (χ3v) is 4.01. The summed E-state index contributed by atoms with van der Waals surface area (Å²) < 4.78 is 10.8. The molecule has 1 aliphatic heterocycles. The number of nitrogens with zero attached hydrogens (tertiary/aromatic N) is 1. The Morgan fingerprint density at radius 1 is 1.27 bits per heavy atom. The first kappa shape index (κ1) is 16.8. The van der Waals surface area contributed by atoms with Crippen LogP contribution in [-0.4, -0.2) is 43.7 Å². The van der Waals surface area contributed by atoms with Crippen molar-refractivity contribution in [3.8, 4) is 5.75 Å². The van der Waals surface area contributed by atoms with Gasteiger partial charge in [-0.2, -0.15) is 0 Å². The van der Waals surface area contributed by atoms with Gasteiger partial charge in [-0.1, -0.05) is 18.2 Å². The third-order valence-electron chi connectivity index (χ3n) is 4.01. The fourth-order valence-corrected chi connectivity index (χ4v) is 2.86. The van der Waals surface area contributed by atoms with Crippen LogP contribution in [0.2, 0.25) is 0 Å². The number of esters is 1. The van der Waals surface area contributed by atoms with E-state index in [-0.39, 0.29) is 11.9 Å². The molecule has 1 fully saturated rings. The number of carbonyl (C=O) groups excluding carboxylic acids is 1. The number of hydrogen-bond donors (Lipinski definition) is 0. The molecule has 0 aromatic heterocycles. The molecule has 0 radical (unpaired) electrons. The van der Waals surface area contributed by atoms with Crippen molar-refractivity contribution in [2.75, 3.05) is 32.8 Å². The second-order valence-corrected chi connectivity index (χ2v) is 5.76. The number of para-hydroxylation sites is 1. The van der Waals surface area contributed by atoms with E-state index in [4.69, 9.17) is 9.47 Å². The molecule has 1 aromatic rings. The van der Waals surface area contributed by atoms with E-state index in [1.165, 1.54) is 0 Å². The average molecular weight is 305 g/mol. The number of carbonyl (C=O) groups is 1. The summed E-state index contributed by atoms with van der Waals surface area (Å²) in [6.07, 6.45) is 4.19. The molecule has 0 amide bonds. The van der Waals surface area contributed by atoms with E-state index in [2.05, 4.69) is 4.90 Å². The Bertz CT molecular complexity index is 435. The zero-order chi connectivity index (χ0) is 15.6. The number of unbranched alkanes of at least 4 members (excludes halogenated alkanes) is 1. The maximum Gasteiger partial charge on any atom is 0.310 e. The van der Waals surface area contributed by atoms with E-state index in [0.717, 1.165) is 57.7 Å². The van der Waals surface area contributed by atoms with Crippen LogP contribution in [-0.2, 0) is 9.53 Å². The number of hydrogen-bond acceptors (Lipinski definition) is 4. The lowest BCUT2D eigenvalue weighted by atomic mass is 9.98. The van der Waals surface area contributed by atoms with Gasteiger partial charge in [0.25, 0.3) is 0 Å². The summed E-state index contributed by atoms with van der Waals surface area (Å²) in [7, 11) is 0. The van der Waals surface area contributed by atoms with Gasteiger partial charge in [0.1, 0.15) is 5.75 Å². The molecule has 0 saturated carbocycles. The van der Waals surface area contributed by atoms with Crippen molar-refractivity contribution in [2.45, 2.75) is 32.6 Å². The van der Waals surface area contributed by atoms with Gasteiger partial charge in [-0.3, -0.25) is 4.79 Å². The van der Waals surface area contributed by atoms with Crippen LogP contribution in [0, 0.1) is 5.92 Å². The second kappa shape index (κ2) is 9.46. The summed E-state index contributed by atoms with van der Waals surface area (Å²) in [4.78, 5) is 14.2. The van der Waals surface area contributed by atoms with Crippen LogP contribution in [0.5, 0.6) is 5.75 Å². The summed E-state index contributed by atoms with van der Waals surface area (Å²) in [5.41, 5.74) is 0. The van der Waals surface area contributed by atoms with Gasteiger partial charge in [-0.15, -0.1) is 0 Å². The van der Waals surface area contributed by atoms with E-state index in [1.54, 1.807) is 0 Å². The van der Waals surface area contributed by atoms with Crippen molar-refractivity contribution in [1.82, 2.24) is 4.90 Å². The zero-order valence-corrected chi connectivity index (χ0v) is 13.5. The van der Waals surface area contributed by atoms with Gasteiger partial charge in [0.2, 0.25) is 0 Å². The first-order valence-corrected chi connectivity index (χ1v) is 8.36. The molecule has 0 N–H and O–H groups in total. The molecular weight excluding hydrogens is 278 g/mol. The van der Waals surface area contributed by atoms with Crippen LogP contribution in [0.15, 0.2) is 30.3 Å². The molecule has 0 spiro atoms. The van der Waals surface area contributed by atoms with Crippen LogP contribution in [0.1, 0.15) is 32.6 Å². The predicted molar refractivity (Wildman–Crippen MR) is 87.0 cm³/mol. The van der Waals surface area contributed by atoms with Crippen LogP contribution in [0.25, 0.3) is 0 Å². The Kier molecular flexibility index (Phi) is 7.23. The first-order valence-electron chi connectivity index (χ1n) is 8.36. The van der Waals surface area contributed by atoms with E-state index in [1.807, 2.05) is 37.3 Å². The minimum atomic E-state index is -0.0281. The van der Waals surface area contributed by atoms with Gasteiger partial charge in [-0.05, 0) is 57.8 Å². The molecule has 2 rings (SSSR count). The molecule has 1 aromatic carbocycles. The highest BCUT2D eigenvalue weighted by molar-refractivity contribution is 5.72.